The zero-order chi connectivity index (χ0) is 18.8. The van der Waals surface area contributed by atoms with E-state index in [-0.39, 0.29) is 5.97 Å². The van der Waals surface area contributed by atoms with Crippen molar-refractivity contribution < 1.29 is 9.53 Å². The van der Waals surface area contributed by atoms with Crippen LogP contribution in [-0.2, 0) is 4.74 Å². The number of hydrogen-bond acceptors (Lipinski definition) is 6. The van der Waals surface area contributed by atoms with Crippen LogP contribution in [0, 0.1) is 6.92 Å². The molecule has 0 saturated carbocycles. The molecule has 27 heavy (non-hydrogen) atoms. The zero-order valence-corrected chi connectivity index (χ0v) is 15.7. The van der Waals surface area contributed by atoms with E-state index in [1.807, 2.05) is 42.5 Å². The van der Waals surface area contributed by atoms with E-state index in [9.17, 15) is 4.79 Å². The summed E-state index contributed by atoms with van der Waals surface area (Å²) in [7, 11) is 1.37. The van der Waals surface area contributed by atoms with Crippen molar-refractivity contribution in [3.8, 4) is 11.4 Å². The van der Waals surface area contributed by atoms with E-state index in [0.717, 1.165) is 26.3 Å². The van der Waals surface area contributed by atoms with E-state index in [1.54, 1.807) is 23.5 Å². The highest BCUT2D eigenvalue weighted by atomic mass is 32.1. The standard InChI is InChI=1S/C21H17N3O2S/c1-13-11-17-19(22-16-10-6-9-15(12-16)21(25)26-2)23-18(24-20(17)27-13)14-7-4-3-5-8-14/h3-12H,1-2H3,(H,22,23,24). The zero-order valence-electron chi connectivity index (χ0n) is 14.9. The first-order valence-electron chi connectivity index (χ1n) is 8.43. The van der Waals surface area contributed by atoms with Crippen LogP contribution in [0.1, 0.15) is 15.2 Å². The lowest BCUT2D eigenvalue weighted by Gasteiger charge is -2.10. The quantitative estimate of drug-likeness (QED) is 0.497. The molecule has 2 aromatic heterocycles. The molecule has 4 rings (SSSR count). The van der Waals surface area contributed by atoms with Gasteiger partial charge in [-0.15, -0.1) is 11.3 Å². The summed E-state index contributed by atoms with van der Waals surface area (Å²) >= 11 is 1.63. The number of methoxy groups -OCH3 is 1. The van der Waals surface area contributed by atoms with Crippen molar-refractivity contribution in [2.75, 3.05) is 12.4 Å². The Morgan fingerprint density at radius 2 is 1.85 bits per heavy atom. The molecule has 0 aliphatic heterocycles. The van der Waals surface area contributed by atoms with Crippen molar-refractivity contribution in [1.82, 2.24) is 9.97 Å². The number of carbonyl (C=O) groups is 1. The van der Waals surface area contributed by atoms with Crippen LogP contribution in [-0.4, -0.2) is 23.0 Å². The Labute approximate surface area is 160 Å². The van der Waals surface area contributed by atoms with Gasteiger partial charge in [0.1, 0.15) is 10.6 Å². The van der Waals surface area contributed by atoms with Gasteiger partial charge < -0.3 is 10.1 Å². The van der Waals surface area contributed by atoms with E-state index in [1.165, 1.54) is 7.11 Å². The molecule has 1 N–H and O–H groups in total. The first kappa shape index (κ1) is 17.2. The lowest BCUT2D eigenvalue weighted by atomic mass is 10.2. The fourth-order valence-corrected chi connectivity index (χ4v) is 3.71. The minimum atomic E-state index is -0.372. The first-order valence-corrected chi connectivity index (χ1v) is 9.25. The number of carbonyl (C=O) groups excluding carboxylic acids is 1. The Balaban J connectivity index is 1.80. The van der Waals surface area contributed by atoms with Crippen molar-refractivity contribution in [3.05, 3.63) is 71.1 Å². The number of nitrogens with zero attached hydrogens (tertiary/aromatic N) is 2. The van der Waals surface area contributed by atoms with Crippen LogP contribution in [0.15, 0.2) is 60.7 Å². The van der Waals surface area contributed by atoms with E-state index >= 15 is 0 Å². The molecule has 4 aromatic rings. The Hall–Kier alpha value is -3.25. The van der Waals surface area contributed by atoms with Gasteiger partial charge in [-0.05, 0) is 31.2 Å². The number of hydrogen-bond donors (Lipinski definition) is 1. The van der Waals surface area contributed by atoms with Crippen LogP contribution in [0.4, 0.5) is 11.5 Å². The summed E-state index contributed by atoms with van der Waals surface area (Å²) in [6, 6.07) is 19.1. The number of benzene rings is 2. The molecule has 134 valence electrons. The summed E-state index contributed by atoms with van der Waals surface area (Å²) in [6.45, 7) is 2.05. The number of thiophene rings is 1. The van der Waals surface area contributed by atoms with Gasteiger partial charge >= 0.3 is 5.97 Å². The van der Waals surface area contributed by atoms with Crippen LogP contribution < -0.4 is 5.32 Å². The molecule has 0 saturated heterocycles. The predicted molar refractivity (Wildman–Crippen MR) is 109 cm³/mol. The second kappa shape index (κ2) is 7.17. The summed E-state index contributed by atoms with van der Waals surface area (Å²) in [5.41, 5.74) is 2.20. The van der Waals surface area contributed by atoms with Gasteiger partial charge in [-0.25, -0.2) is 14.8 Å². The maximum absolute atomic E-state index is 11.8. The lowest BCUT2D eigenvalue weighted by Crippen LogP contribution is -2.03. The number of aromatic nitrogens is 2. The summed E-state index contributed by atoms with van der Waals surface area (Å²) < 4.78 is 4.80. The van der Waals surface area contributed by atoms with Crippen molar-refractivity contribution in [3.63, 3.8) is 0 Å². The summed E-state index contributed by atoms with van der Waals surface area (Å²) in [5.74, 6) is 1.00. The minimum absolute atomic E-state index is 0.372. The number of rotatable bonds is 4. The fraction of sp³-hybridized carbons (Fsp3) is 0.0952. The lowest BCUT2D eigenvalue weighted by molar-refractivity contribution is 0.0601. The van der Waals surface area contributed by atoms with Crippen LogP contribution in [0.3, 0.4) is 0 Å². The third-order valence-corrected chi connectivity index (χ3v) is 5.04. The highest BCUT2D eigenvalue weighted by Crippen LogP contribution is 2.32. The normalized spacial score (nSPS) is 10.7. The Bertz CT molecular complexity index is 1120. The van der Waals surface area contributed by atoms with Gasteiger partial charge in [0.15, 0.2) is 5.82 Å². The molecule has 0 radical (unpaired) electrons. The average Bonchev–Trinajstić information content (AvgIpc) is 3.08. The second-order valence-electron chi connectivity index (χ2n) is 6.04. The molecule has 6 heteroatoms. The van der Waals surface area contributed by atoms with Crippen LogP contribution in [0.2, 0.25) is 0 Å². The van der Waals surface area contributed by atoms with E-state index in [0.29, 0.717) is 17.2 Å². The number of nitrogens with one attached hydrogen (secondary N) is 1. The Morgan fingerprint density at radius 3 is 2.63 bits per heavy atom. The molecule has 0 atom stereocenters. The highest BCUT2D eigenvalue weighted by Gasteiger charge is 2.13. The molecule has 0 fully saturated rings. The number of ether oxygens (including phenoxy) is 1. The van der Waals surface area contributed by atoms with Crippen LogP contribution in [0.25, 0.3) is 21.6 Å². The smallest absolute Gasteiger partial charge is 0.337 e. The van der Waals surface area contributed by atoms with Gasteiger partial charge in [0.05, 0.1) is 18.1 Å². The van der Waals surface area contributed by atoms with E-state index in [2.05, 4.69) is 18.3 Å². The average molecular weight is 375 g/mol. The molecule has 0 aliphatic carbocycles. The van der Waals surface area contributed by atoms with Crippen LogP contribution >= 0.6 is 11.3 Å². The van der Waals surface area contributed by atoms with Crippen molar-refractivity contribution >= 4 is 39.0 Å². The summed E-state index contributed by atoms with van der Waals surface area (Å²) in [6.07, 6.45) is 0. The molecule has 0 spiro atoms. The SMILES string of the molecule is COC(=O)c1cccc(Nc2nc(-c3ccccc3)nc3sc(C)cc23)c1. The maximum Gasteiger partial charge on any atom is 0.337 e. The predicted octanol–water partition coefficient (Wildman–Crippen LogP) is 5.20. The summed E-state index contributed by atoms with van der Waals surface area (Å²) in [5, 5.41) is 4.30. The molecular weight excluding hydrogens is 358 g/mol. The highest BCUT2D eigenvalue weighted by molar-refractivity contribution is 7.18. The van der Waals surface area contributed by atoms with Gasteiger partial charge in [-0.3, -0.25) is 0 Å². The van der Waals surface area contributed by atoms with Crippen molar-refractivity contribution in [1.29, 1.82) is 0 Å². The van der Waals surface area contributed by atoms with Gasteiger partial charge in [0.2, 0.25) is 0 Å². The topological polar surface area (TPSA) is 64.1 Å². The van der Waals surface area contributed by atoms with Gasteiger partial charge in [0.25, 0.3) is 0 Å². The van der Waals surface area contributed by atoms with Crippen molar-refractivity contribution in [2.45, 2.75) is 6.92 Å². The third kappa shape index (κ3) is 3.52. The van der Waals surface area contributed by atoms with Gasteiger partial charge in [-0.1, -0.05) is 36.4 Å². The maximum atomic E-state index is 11.8. The summed E-state index contributed by atoms with van der Waals surface area (Å²) in [4.78, 5) is 23.3. The number of aryl methyl sites for hydroxylation is 1. The number of anilines is 2. The van der Waals surface area contributed by atoms with Crippen LogP contribution in [0.5, 0.6) is 0 Å². The molecule has 0 unspecified atom stereocenters. The third-order valence-electron chi connectivity index (χ3n) is 4.09. The molecule has 2 aromatic carbocycles. The molecule has 2 heterocycles. The number of esters is 1. The molecular formula is C21H17N3O2S. The monoisotopic (exact) mass is 375 g/mol. The first-order chi connectivity index (χ1) is 13.1. The van der Waals surface area contributed by atoms with Gasteiger partial charge in [-0.2, -0.15) is 0 Å². The largest absolute Gasteiger partial charge is 0.465 e. The molecule has 0 bridgehead atoms. The Morgan fingerprint density at radius 1 is 1.04 bits per heavy atom. The minimum Gasteiger partial charge on any atom is -0.465 e. The van der Waals surface area contributed by atoms with Gasteiger partial charge in [0, 0.05) is 16.1 Å². The fourth-order valence-electron chi connectivity index (χ4n) is 2.83. The molecule has 0 aliphatic rings. The molecule has 0 amide bonds. The number of fused-ring (bicyclic) bond motifs is 1. The second-order valence-corrected chi connectivity index (χ2v) is 7.27. The van der Waals surface area contributed by atoms with Crippen molar-refractivity contribution in [2.24, 2.45) is 0 Å². The Kier molecular flexibility index (Phi) is 4.56. The molecule has 5 nitrogen and oxygen atoms in total. The van der Waals surface area contributed by atoms with E-state index < -0.39 is 0 Å². The van der Waals surface area contributed by atoms with E-state index in [4.69, 9.17) is 14.7 Å².